The first kappa shape index (κ1) is 17.0. The van der Waals surface area contributed by atoms with Crippen molar-refractivity contribution in [3.8, 4) is 5.75 Å². The molecule has 1 aromatic heterocycles. The summed E-state index contributed by atoms with van der Waals surface area (Å²) in [6.07, 6.45) is 0.749. The van der Waals surface area contributed by atoms with Crippen LogP contribution in [-0.4, -0.2) is 15.6 Å². The molecule has 0 saturated heterocycles. The second kappa shape index (κ2) is 6.99. The Morgan fingerprint density at radius 3 is 2.68 bits per heavy atom. The van der Waals surface area contributed by atoms with Gasteiger partial charge in [0.1, 0.15) is 11.3 Å². The van der Waals surface area contributed by atoms with Crippen molar-refractivity contribution in [3.05, 3.63) is 69.5 Å². The zero-order valence-electron chi connectivity index (χ0n) is 13.6. The average molecular weight is 357 g/mol. The van der Waals surface area contributed by atoms with Gasteiger partial charge >= 0.3 is 0 Å². The van der Waals surface area contributed by atoms with Crippen LogP contribution in [0.4, 0.5) is 5.69 Å². The molecule has 2 aromatic carbocycles. The Labute approximate surface area is 149 Å². The molecule has 1 heterocycles. The van der Waals surface area contributed by atoms with Gasteiger partial charge in [0.15, 0.2) is 0 Å². The highest BCUT2D eigenvalue weighted by atomic mass is 35.5. The molecule has 2 N–H and O–H groups in total. The zero-order chi connectivity index (χ0) is 18.0. The molecule has 0 radical (unpaired) electrons. The fourth-order valence-corrected chi connectivity index (χ4v) is 3.11. The number of hydrogen-bond donors (Lipinski definition) is 2. The minimum Gasteiger partial charge on any atom is -0.508 e. The number of halogens is 1. The summed E-state index contributed by atoms with van der Waals surface area (Å²) >= 11 is 6.39. The molecular formula is C19H17ClN2O3. The van der Waals surface area contributed by atoms with Crippen LogP contribution in [0.1, 0.15) is 23.7 Å². The molecule has 0 spiro atoms. The highest BCUT2D eigenvalue weighted by Crippen LogP contribution is 2.26. The molecule has 0 atom stereocenters. The number of phenolic OH excluding ortho intramolecular Hbond substituents is 1. The van der Waals surface area contributed by atoms with Gasteiger partial charge < -0.3 is 15.0 Å². The summed E-state index contributed by atoms with van der Waals surface area (Å²) in [6.45, 7) is 2.45. The van der Waals surface area contributed by atoms with Gasteiger partial charge in [0.25, 0.3) is 11.5 Å². The minimum atomic E-state index is -0.601. The molecule has 25 heavy (non-hydrogen) atoms. The first-order valence-corrected chi connectivity index (χ1v) is 8.32. The summed E-state index contributed by atoms with van der Waals surface area (Å²) in [7, 11) is 0. The van der Waals surface area contributed by atoms with E-state index >= 15 is 0 Å². The number of nitrogens with zero attached hydrogens (tertiary/aromatic N) is 1. The molecule has 0 aliphatic rings. The summed E-state index contributed by atoms with van der Waals surface area (Å²) in [6, 6.07) is 13.4. The summed E-state index contributed by atoms with van der Waals surface area (Å²) in [4.78, 5) is 25.5. The molecule has 0 unspecified atom stereocenters. The van der Waals surface area contributed by atoms with Gasteiger partial charge in [0.05, 0.1) is 10.5 Å². The number of benzene rings is 2. The van der Waals surface area contributed by atoms with E-state index in [1.165, 1.54) is 12.1 Å². The van der Waals surface area contributed by atoms with Crippen molar-refractivity contribution in [1.29, 1.82) is 0 Å². The molecule has 0 aliphatic carbocycles. The van der Waals surface area contributed by atoms with Crippen molar-refractivity contribution in [2.24, 2.45) is 0 Å². The van der Waals surface area contributed by atoms with Gasteiger partial charge in [-0.15, -0.1) is 0 Å². The van der Waals surface area contributed by atoms with Crippen LogP contribution in [0, 0.1) is 0 Å². The number of hydrogen-bond acceptors (Lipinski definition) is 3. The largest absolute Gasteiger partial charge is 0.508 e. The number of amides is 1. The number of carbonyl (C=O) groups is 1. The van der Waals surface area contributed by atoms with Gasteiger partial charge in [-0.1, -0.05) is 42.8 Å². The predicted molar refractivity (Wildman–Crippen MR) is 99.6 cm³/mol. The van der Waals surface area contributed by atoms with Crippen LogP contribution in [0.15, 0.2) is 53.3 Å². The maximum absolute atomic E-state index is 12.9. The van der Waals surface area contributed by atoms with E-state index in [1.54, 1.807) is 22.8 Å². The number of para-hydroxylation sites is 1. The normalized spacial score (nSPS) is 10.8. The third kappa shape index (κ3) is 3.23. The van der Waals surface area contributed by atoms with E-state index in [9.17, 15) is 14.7 Å². The first-order chi connectivity index (χ1) is 12.0. The monoisotopic (exact) mass is 356 g/mol. The number of nitrogens with one attached hydrogen (secondary N) is 1. The predicted octanol–water partition coefficient (Wildman–Crippen LogP) is 4.02. The van der Waals surface area contributed by atoms with Crippen LogP contribution >= 0.6 is 11.6 Å². The Kier molecular flexibility index (Phi) is 4.76. The topological polar surface area (TPSA) is 71.3 Å². The van der Waals surface area contributed by atoms with Crippen molar-refractivity contribution < 1.29 is 9.90 Å². The summed E-state index contributed by atoms with van der Waals surface area (Å²) < 4.78 is 1.57. The van der Waals surface area contributed by atoms with Crippen molar-refractivity contribution >= 4 is 34.1 Å². The number of fused-ring (bicyclic) bond motifs is 1. The van der Waals surface area contributed by atoms with E-state index in [-0.39, 0.29) is 16.3 Å². The minimum absolute atomic E-state index is 0.0193. The molecule has 128 valence electrons. The average Bonchev–Trinajstić information content (AvgIpc) is 2.59. The second-order valence-corrected chi connectivity index (χ2v) is 6.05. The molecule has 3 aromatic rings. The first-order valence-electron chi connectivity index (χ1n) is 7.94. The molecule has 0 aliphatic heterocycles. The number of aryl methyl sites for hydroxylation is 1. The third-order valence-corrected chi connectivity index (χ3v) is 4.28. The lowest BCUT2D eigenvalue weighted by Crippen LogP contribution is -2.30. The van der Waals surface area contributed by atoms with E-state index in [4.69, 9.17) is 11.6 Å². The Hall–Kier alpha value is -2.79. The smallest absolute Gasteiger partial charge is 0.265 e. The van der Waals surface area contributed by atoms with Crippen molar-refractivity contribution in [3.63, 3.8) is 0 Å². The Morgan fingerprint density at radius 2 is 1.96 bits per heavy atom. The highest BCUT2D eigenvalue weighted by Gasteiger charge is 2.21. The van der Waals surface area contributed by atoms with E-state index in [0.717, 1.165) is 6.42 Å². The lowest BCUT2D eigenvalue weighted by Gasteiger charge is -2.14. The molecule has 0 saturated carbocycles. The van der Waals surface area contributed by atoms with Gasteiger partial charge in [0.2, 0.25) is 0 Å². The van der Waals surface area contributed by atoms with Crippen LogP contribution in [0.2, 0.25) is 5.02 Å². The Balaban J connectivity index is 2.15. The maximum Gasteiger partial charge on any atom is 0.265 e. The van der Waals surface area contributed by atoms with Gasteiger partial charge in [-0.2, -0.15) is 0 Å². The SMILES string of the molecule is CCCn1c(=O)c(C(=O)Nc2cccc(O)c2)c(Cl)c2ccccc21. The second-order valence-electron chi connectivity index (χ2n) is 5.67. The number of rotatable bonds is 4. The summed E-state index contributed by atoms with van der Waals surface area (Å²) in [5, 5.41) is 12.9. The van der Waals surface area contributed by atoms with Gasteiger partial charge in [-0.05, 0) is 24.6 Å². The summed E-state index contributed by atoms with van der Waals surface area (Å²) in [5.41, 5.74) is 0.560. The zero-order valence-corrected chi connectivity index (χ0v) is 14.4. The fourth-order valence-electron chi connectivity index (χ4n) is 2.79. The molecule has 3 rings (SSSR count). The number of pyridine rings is 1. The Morgan fingerprint density at radius 1 is 1.20 bits per heavy atom. The van der Waals surface area contributed by atoms with Crippen LogP contribution in [0.3, 0.4) is 0 Å². The molecule has 0 bridgehead atoms. The van der Waals surface area contributed by atoms with E-state index < -0.39 is 11.5 Å². The number of phenols is 1. The van der Waals surface area contributed by atoms with Crippen LogP contribution < -0.4 is 10.9 Å². The Bertz CT molecular complexity index is 1010. The van der Waals surface area contributed by atoms with Gasteiger partial charge in [-0.25, -0.2) is 0 Å². The fraction of sp³-hybridized carbons (Fsp3) is 0.158. The lowest BCUT2D eigenvalue weighted by molar-refractivity contribution is 0.102. The molecule has 1 amide bonds. The number of aromatic hydroxyl groups is 1. The van der Waals surface area contributed by atoms with E-state index in [1.807, 2.05) is 25.1 Å². The van der Waals surface area contributed by atoms with Crippen LogP contribution in [0.25, 0.3) is 10.9 Å². The quantitative estimate of drug-likeness (QED) is 0.741. The molecule has 6 heteroatoms. The highest BCUT2D eigenvalue weighted by molar-refractivity contribution is 6.38. The molecular weight excluding hydrogens is 340 g/mol. The van der Waals surface area contributed by atoms with Crippen LogP contribution in [-0.2, 0) is 6.54 Å². The van der Waals surface area contributed by atoms with Crippen LogP contribution in [0.5, 0.6) is 5.75 Å². The third-order valence-electron chi connectivity index (χ3n) is 3.89. The van der Waals surface area contributed by atoms with E-state index in [2.05, 4.69) is 5.32 Å². The standard InChI is InChI=1S/C19H17ClN2O3/c1-2-10-22-15-9-4-3-8-14(15)17(20)16(19(22)25)18(24)21-12-6-5-7-13(23)11-12/h3-9,11,23H,2,10H2,1H3,(H,21,24). The van der Waals surface area contributed by atoms with E-state index in [0.29, 0.717) is 23.1 Å². The number of aromatic nitrogens is 1. The van der Waals surface area contributed by atoms with Crippen molar-refractivity contribution in [1.82, 2.24) is 4.57 Å². The lowest BCUT2D eigenvalue weighted by atomic mass is 10.1. The number of anilines is 1. The van der Waals surface area contributed by atoms with Gasteiger partial charge in [0, 0.05) is 23.7 Å². The number of carbonyl (C=O) groups excluding carboxylic acids is 1. The van der Waals surface area contributed by atoms with Crippen molar-refractivity contribution in [2.75, 3.05) is 5.32 Å². The van der Waals surface area contributed by atoms with Gasteiger partial charge in [-0.3, -0.25) is 9.59 Å². The van der Waals surface area contributed by atoms with Crippen molar-refractivity contribution in [2.45, 2.75) is 19.9 Å². The maximum atomic E-state index is 12.9. The summed E-state index contributed by atoms with van der Waals surface area (Å²) in [5.74, 6) is -0.581. The molecule has 5 nitrogen and oxygen atoms in total. The molecule has 0 fully saturated rings.